The van der Waals surface area contributed by atoms with Gasteiger partial charge in [0.15, 0.2) is 0 Å². The van der Waals surface area contributed by atoms with Gasteiger partial charge < -0.3 is 25.5 Å². The summed E-state index contributed by atoms with van der Waals surface area (Å²) in [6, 6.07) is 6.05. The van der Waals surface area contributed by atoms with Crippen molar-refractivity contribution in [2.24, 2.45) is 17.6 Å². The van der Waals surface area contributed by atoms with Crippen molar-refractivity contribution in [3.05, 3.63) is 36.0 Å². The molecule has 0 aliphatic heterocycles. The highest BCUT2D eigenvalue weighted by atomic mass is 35.5. The third-order valence-corrected chi connectivity index (χ3v) is 5.58. The van der Waals surface area contributed by atoms with Crippen LogP contribution in [0.3, 0.4) is 0 Å². The molecule has 0 aliphatic rings. The Hall–Kier alpha value is -2.58. The Labute approximate surface area is 214 Å². The minimum absolute atomic E-state index is 0. The van der Waals surface area contributed by atoms with Crippen molar-refractivity contribution >= 4 is 41.2 Å². The monoisotopic (exact) mass is 509 g/mol. The lowest BCUT2D eigenvalue weighted by molar-refractivity contribution is -0.148. The van der Waals surface area contributed by atoms with Crippen molar-refractivity contribution in [1.29, 1.82) is 0 Å². The largest absolute Gasteiger partial charge is 0.465 e. The van der Waals surface area contributed by atoms with E-state index in [1.165, 1.54) is 0 Å². The quantitative estimate of drug-likeness (QED) is 0.332. The first kappa shape index (κ1) is 30.5. The first-order chi connectivity index (χ1) is 16.2. The predicted molar refractivity (Wildman–Crippen MR) is 139 cm³/mol. The molecule has 2 rings (SSSR count). The van der Waals surface area contributed by atoms with Gasteiger partial charge in [-0.2, -0.15) is 0 Å². The van der Waals surface area contributed by atoms with Crippen molar-refractivity contribution in [3.8, 4) is 0 Å². The molecule has 1 amide bonds. The van der Waals surface area contributed by atoms with Gasteiger partial charge in [0.05, 0.1) is 13.2 Å². The first-order valence-electron chi connectivity index (χ1n) is 12.1. The van der Waals surface area contributed by atoms with Gasteiger partial charge in [0.1, 0.15) is 12.1 Å². The third kappa shape index (κ3) is 10.7. The standard InChI is InChI=1S/C26H39N3O5.ClH/c1-17(2)11-13-33-25(31)21(27)9-10-24(30)29-23(26(32)34-14-12-18(3)4)15-19-16-28-22-8-6-5-7-20(19)22;/h5-8,16-18,21,23,28H,9-15,27H2,1-4H3,(H,29,30);1H/t21-,23-;/m0./s1. The molecule has 1 aromatic heterocycles. The zero-order valence-electron chi connectivity index (χ0n) is 21.2. The first-order valence-corrected chi connectivity index (χ1v) is 12.1. The molecule has 0 radical (unpaired) electrons. The number of esters is 2. The van der Waals surface area contributed by atoms with Crippen molar-refractivity contribution in [1.82, 2.24) is 10.3 Å². The molecule has 0 aliphatic carbocycles. The van der Waals surface area contributed by atoms with Gasteiger partial charge in [-0.1, -0.05) is 45.9 Å². The number of rotatable bonds is 14. The van der Waals surface area contributed by atoms with E-state index in [4.69, 9.17) is 15.2 Å². The second-order valence-electron chi connectivity index (χ2n) is 9.53. The highest BCUT2D eigenvalue weighted by Gasteiger charge is 2.25. The van der Waals surface area contributed by atoms with Crippen LogP contribution in [0.5, 0.6) is 0 Å². The molecule has 8 nitrogen and oxygen atoms in total. The number of carbonyl (C=O) groups excluding carboxylic acids is 3. The summed E-state index contributed by atoms with van der Waals surface area (Å²) < 4.78 is 10.6. The lowest BCUT2D eigenvalue weighted by Gasteiger charge is -2.19. The van der Waals surface area contributed by atoms with Crippen LogP contribution < -0.4 is 11.1 Å². The number of hydrogen-bond donors (Lipinski definition) is 3. The van der Waals surface area contributed by atoms with Crippen LogP contribution in [0, 0.1) is 11.8 Å². The van der Waals surface area contributed by atoms with Crippen LogP contribution in [0.4, 0.5) is 0 Å². The van der Waals surface area contributed by atoms with Crippen LogP contribution >= 0.6 is 12.4 Å². The number of halogens is 1. The minimum Gasteiger partial charge on any atom is -0.465 e. The molecule has 4 N–H and O–H groups in total. The SMILES string of the molecule is CC(C)CCOC(=O)[C@H](Cc1c[nH]c2ccccc12)NC(=O)CC[C@H](N)C(=O)OCCC(C)C.Cl. The number of hydrogen-bond acceptors (Lipinski definition) is 6. The highest BCUT2D eigenvalue weighted by molar-refractivity contribution is 5.87. The number of fused-ring (bicyclic) bond motifs is 1. The van der Waals surface area contributed by atoms with Crippen molar-refractivity contribution in [2.45, 2.75) is 71.9 Å². The number of benzene rings is 1. The molecule has 0 fully saturated rings. The molecule has 0 spiro atoms. The summed E-state index contributed by atoms with van der Waals surface area (Å²) in [7, 11) is 0. The molecule has 0 saturated carbocycles. The number of amides is 1. The topological polar surface area (TPSA) is 124 Å². The van der Waals surface area contributed by atoms with E-state index in [9.17, 15) is 14.4 Å². The van der Waals surface area contributed by atoms with E-state index in [1.807, 2.05) is 44.3 Å². The number of aromatic nitrogens is 1. The fourth-order valence-electron chi connectivity index (χ4n) is 3.38. The molecule has 0 bridgehead atoms. The van der Waals surface area contributed by atoms with E-state index < -0.39 is 24.0 Å². The summed E-state index contributed by atoms with van der Waals surface area (Å²) in [5, 5.41) is 3.76. The summed E-state index contributed by atoms with van der Waals surface area (Å²) in [5.41, 5.74) is 7.75. The molecule has 1 aromatic carbocycles. The Kier molecular flexibility index (Phi) is 13.4. The summed E-state index contributed by atoms with van der Waals surface area (Å²) in [6.07, 6.45) is 3.77. The van der Waals surface area contributed by atoms with Crippen LogP contribution in [-0.4, -0.2) is 48.1 Å². The zero-order valence-corrected chi connectivity index (χ0v) is 22.0. The lowest BCUT2D eigenvalue weighted by atomic mass is 10.0. The van der Waals surface area contributed by atoms with Gasteiger partial charge in [-0.05, 0) is 42.7 Å². The third-order valence-electron chi connectivity index (χ3n) is 5.58. The number of para-hydroxylation sites is 1. The van der Waals surface area contributed by atoms with Crippen LogP contribution in [-0.2, 0) is 30.3 Å². The molecular weight excluding hydrogens is 470 g/mol. The van der Waals surface area contributed by atoms with Gasteiger partial charge >= 0.3 is 11.9 Å². The van der Waals surface area contributed by atoms with Crippen molar-refractivity contribution in [2.75, 3.05) is 13.2 Å². The van der Waals surface area contributed by atoms with E-state index in [-0.39, 0.29) is 31.2 Å². The number of nitrogens with two attached hydrogens (primary N) is 1. The van der Waals surface area contributed by atoms with E-state index in [0.29, 0.717) is 31.5 Å². The van der Waals surface area contributed by atoms with Gasteiger partial charge in [-0.25, -0.2) is 4.79 Å². The molecule has 2 aromatic rings. The van der Waals surface area contributed by atoms with E-state index in [2.05, 4.69) is 24.1 Å². The second kappa shape index (κ2) is 15.4. The summed E-state index contributed by atoms with van der Waals surface area (Å²) in [5.74, 6) is -0.537. The molecule has 9 heteroatoms. The van der Waals surface area contributed by atoms with Gasteiger partial charge in [-0.3, -0.25) is 9.59 Å². The van der Waals surface area contributed by atoms with Crippen LogP contribution in [0.25, 0.3) is 10.9 Å². The Balaban J connectivity index is 0.00000612. The Morgan fingerprint density at radius 3 is 2.17 bits per heavy atom. The second-order valence-corrected chi connectivity index (χ2v) is 9.53. The normalized spacial score (nSPS) is 12.8. The Bertz CT molecular complexity index is 944. The van der Waals surface area contributed by atoms with Gasteiger partial charge in [-0.15, -0.1) is 12.4 Å². The van der Waals surface area contributed by atoms with Crippen LogP contribution in [0.15, 0.2) is 30.5 Å². The molecule has 0 saturated heterocycles. The molecule has 1 heterocycles. The fourth-order valence-corrected chi connectivity index (χ4v) is 3.38. The minimum atomic E-state index is -0.886. The summed E-state index contributed by atoms with van der Waals surface area (Å²) >= 11 is 0. The fraction of sp³-hybridized carbons (Fsp3) is 0.577. The number of aromatic amines is 1. The average Bonchev–Trinajstić information content (AvgIpc) is 3.19. The van der Waals surface area contributed by atoms with Crippen molar-refractivity contribution in [3.63, 3.8) is 0 Å². The van der Waals surface area contributed by atoms with E-state index >= 15 is 0 Å². The molecule has 2 atom stereocenters. The predicted octanol–water partition coefficient (Wildman–Crippen LogP) is 3.90. The zero-order chi connectivity index (χ0) is 25.1. The van der Waals surface area contributed by atoms with Crippen molar-refractivity contribution < 1.29 is 23.9 Å². The summed E-state index contributed by atoms with van der Waals surface area (Å²) in [4.78, 5) is 40.6. The van der Waals surface area contributed by atoms with E-state index in [0.717, 1.165) is 29.3 Å². The number of H-pyrrole nitrogens is 1. The Morgan fingerprint density at radius 2 is 1.54 bits per heavy atom. The molecule has 196 valence electrons. The molecule has 35 heavy (non-hydrogen) atoms. The van der Waals surface area contributed by atoms with Gasteiger partial charge in [0.25, 0.3) is 0 Å². The maximum absolute atomic E-state index is 12.8. The average molecular weight is 510 g/mol. The maximum Gasteiger partial charge on any atom is 0.328 e. The smallest absolute Gasteiger partial charge is 0.328 e. The van der Waals surface area contributed by atoms with Gasteiger partial charge in [0, 0.05) is 29.9 Å². The van der Waals surface area contributed by atoms with E-state index in [1.54, 1.807) is 0 Å². The van der Waals surface area contributed by atoms with Gasteiger partial charge in [0.2, 0.25) is 5.91 Å². The lowest BCUT2D eigenvalue weighted by Crippen LogP contribution is -2.44. The maximum atomic E-state index is 12.8. The summed E-state index contributed by atoms with van der Waals surface area (Å²) in [6.45, 7) is 8.79. The highest BCUT2D eigenvalue weighted by Crippen LogP contribution is 2.19. The number of nitrogens with one attached hydrogen (secondary N) is 2. The number of carbonyl (C=O) groups is 3. The Morgan fingerprint density at radius 1 is 0.943 bits per heavy atom. The van der Waals surface area contributed by atoms with Crippen LogP contribution in [0.2, 0.25) is 0 Å². The van der Waals surface area contributed by atoms with Crippen LogP contribution in [0.1, 0.15) is 58.9 Å². The molecule has 0 unspecified atom stereocenters. The molecular formula is C26H40ClN3O5. The number of ether oxygens (including phenoxy) is 2.